The van der Waals surface area contributed by atoms with Crippen LogP contribution < -0.4 is 14.2 Å². The van der Waals surface area contributed by atoms with Gasteiger partial charge in [0.25, 0.3) is 0 Å². The van der Waals surface area contributed by atoms with Crippen LogP contribution in [0.2, 0.25) is 0 Å². The zero-order valence-electron chi connectivity index (χ0n) is 12.8. The third-order valence-corrected chi connectivity index (χ3v) is 3.75. The van der Waals surface area contributed by atoms with Crippen molar-refractivity contribution in [1.82, 2.24) is 0 Å². The summed E-state index contributed by atoms with van der Waals surface area (Å²) in [5, 5.41) is 0. The molecule has 2 aromatic carbocycles. The molecule has 0 bridgehead atoms. The predicted molar refractivity (Wildman–Crippen MR) is 97.0 cm³/mol. The second-order valence-electron chi connectivity index (χ2n) is 4.74. The molecule has 0 amide bonds. The molecule has 118 valence electrons. The summed E-state index contributed by atoms with van der Waals surface area (Å²) in [6.07, 6.45) is 1.91. The molecule has 2 rings (SSSR count). The Kier molecular flexibility index (Phi) is 7.36. The van der Waals surface area contributed by atoms with Crippen LogP contribution >= 0.6 is 22.6 Å². The monoisotopic (exact) mass is 412 g/mol. The largest absolute Gasteiger partial charge is 0.494 e. The van der Waals surface area contributed by atoms with E-state index in [2.05, 4.69) is 22.6 Å². The van der Waals surface area contributed by atoms with Crippen molar-refractivity contribution in [3.8, 4) is 17.2 Å². The van der Waals surface area contributed by atoms with Crippen molar-refractivity contribution < 1.29 is 14.2 Å². The van der Waals surface area contributed by atoms with Gasteiger partial charge in [-0.15, -0.1) is 0 Å². The fraction of sp³-hybridized carbons (Fsp3) is 0.333. The van der Waals surface area contributed by atoms with Crippen LogP contribution in [0.15, 0.2) is 48.5 Å². The molecule has 0 saturated carbocycles. The minimum atomic E-state index is 0.643. The molecule has 0 N–H and O–H groups in total. The Morgan fingerprint density at radius 1 is 0.773 bits per heavy atom. The molecule has 22 heavy (non-hydrogen) atoms. The lowest BCUT2D eigenvalue weighted by molar-refractivity contribution is 0.252. The van der Waals surface area contributed by atoms with E-state index in [0.29, 0.717) is 19.8 Å². The van der Waals surface area contributed by atoms with E-state index >= 15 is 0 Å². The van der Waals surface area contributed by atoms with Gasteiger partial charge in [0.1, 0.15) is 5.75 Å². The van der Waals surface area contributed by atoms with Crippen LogP contribution in [0.4, 0.5) is 0 Å². The molecule has 0 saturated heterocycles. The second-order valence-corrected chi connectivity index (χ2v) is 5.98. The average Bonchev–Trinajstić information content (AvgIpc) is 2.54. The van der Waals surface area contributed by atoms with Crippen molar-refractivity contribution in [3.05, 3.63) is 52.1 Å². The van der Waals surface area contributed by atoms with Gasteiger partial charge in [0, 0.05) is 3.57 Å². The summed E-state index contributed by atoms with van der Waals surface area (Å²) in [5.41, 5.74) is 0. The van der Waals surface area contributed by atoms with Crippen molar-refractivity contribution in [2.24, 2.45) is 0 Å². The number of hydrogen-bond acceptors (Lipinski definition) is 3. The van der Waals surface area contributed by atoms with Gasteiger partial charge in [-0.25, -0.2) is 0 Å². The minimum absolute atomic E-state index is 0.643. The number of hydrogen-bond donors (Lipinski definition) is 0. The van der Waals surface area contributed by atoms with E-state index in [1.807, 2.05) is 55.5 Å². The topological polar surface area (TPSA) is 27.7 Å². The van der Waals surface area contributed by atoms with Crippen molar-refractivity contribution in [3.63, 3.8) is 0 Å². The summed E-state index contributed by atoms with van der Waals surface area (Å²) >= 11 is 2.28. The smallest absolute Gasteiger partial charge is 0.161 e. The lowest BCUT2D eigenvalue weighted by atomic mass is 10.3. The van der Waals surface area contributed by atoms with Crippen LogP contribution in [0.3, 0.4) is 0 Å². The predicted octanol–water partition coefficient (Wildman–Crippen LogP) is 4.93. The highest BCUT2D eigenvalue weighted by molar-refractivity contribution is 14.1. The van der Waals surface area contributed by atoms with Crippen LogP contribution in [0.1, 0.15) is 19.8 Å². The van der Waals surface area contributed by atoms with Crippen molar-refractivity contribution in [1.29, 1.82) is 0 Å². The molecule has 2 aromatic rings. The Balaban J connectivity index is 1.64. The van der Waals surface area contributed by atoms with Gasteiger partial charge in [-0.1, -0.05) is 12.1 Å². The van der Waals surface area contributed by atoms with Crippen molar-refractivity contribution in [2.75, 3.05) is 19.8 Å². The van der Waals surface area contributed by atoms with Crippen molar-refractivity contribution >= 4 is 22.6 Å². The van der Waals surface area contributed by atoms with Gasteiger partial charge < -0.3 is 14.2 Å². The van der Waals surface area contributed by atoms with Gasteiger partial charge in [-0.2, -0.15) is 0 Å². The first-order valence-electron chi connectivity index (χ1n) is 7.52. The first kappa shape index (κ1) is 16.9. The van der Waals surface area contributed by atoms with E-state index in [1.165, 1.54) is 3.57 Å². The molecule has 0 radical (unpaired) electrons. The van der Waals surface area contributed by atoms with Crippen LogP contribution in [0.25, 0.3) is 0 Å². The molecule has 0 spiro atoms. The molecule has 0 unspecified atom stereocenters. The zero-order valence-corrected chi connectivity index (χ0v) is 14.9. The average molecular weight is 412 g/mol. The summed E-state index contributed by atoms with van der Waals surface area (Å²) in [6, 6.07) is 15.9. The van der Waals surface area contributed by atoms with Crippen LogP contribution in [-0.2, 0) is 0 Å². The van der Waals surface area contributed by atoms with Crippen LogP contribution in [-0.4, -0.2) is 19.8 Å². The quantitative estimate of drug-likeness (QED) is 0.432. The maximum atomic E-state index is 5.78. The number of ether oxygens (including phenoxy) is 3. The fourth-order valence-electron chi connectivity index (χ4n) is 1.95. The maximum absolute atomic E-state index is 5.78. The van der Waals surface area contributed by atoms with Gasteiger partial charge in [0.2, 0.25) is 0 Å². The first-order valence-corrected chi connectivity index (χ1v) is 8.60. The third kappa shape index (κ3) is 5.75. The van der Waals surface area contributed by atoms with Gasteiger partial charge in [0.05, 0.1) is 19.8 Å². The summed E-state index contributed by atoms with van der Waals surface area (Å²) in [5.74, 6) is 2.53. The van der Waals surface area contributed by atoms with E-state index < -0.39 is 0 Å². The number of halogens is 1. The normalized spacial score (nSPS) is 10.3. The highest BCUT2D eigenvalue weighted by Gasteiger charge is 2.02. The number of rotatable bonds is 9. The van der Waals surface area contributed by atoms with Crippen molar-refractivity contribution in [2.45, 2.75) is 19.8 Å². The first-order chi connectivity index (χ1) is 10.8. The van der Waals surface area contributed by atoms with E-state index in [4.69, 9.17) is 14.2 Å². The van der Waals surface area contributed by atoms with Crippen LogP contribution in [0, 0.1) is 3.57 Å². The number of benzene rings is 2. The number of para-hydroxylation sites is 2. The Morgan fingerprint density at radius 3 is 2.00 bits per heavy atom. The Labute approximate surface area is 145 Å². The summed E-state index contributed by atoms with van der Waals surface area (Å²) < 4.78 is 18.2. The van der Waals surface area contributed by atoms with Gasteiger partial charge in [-0.05, 0) is 78.8 Å². The molecule has 0 aliphatic carbocycles. The Bertz CT molecular complexity index is 555. The summed E-state index contributed by atoms with van der Waals surface area (Å²) in [4.78, 5) is 0. The lowest BCUT2D eigenvalue weighted by Gasteiger charge is -2.11. The van der Waals surface area contributed by atoms with E-state index in [0.717, 1.165) is 30.1 Å². The Morgan fingerprint density at radius 2 is 1.36 bits per heavy atom. The van der Waals surface area contributed by atoms with E-state index in [-0.39, 0.29) is 0 Å². The van der Waals surface area contributed by atoms with Crippen LogP contribution in [0.5, 0.6) is 17.2 Å². The molecule has 0 heterocycles. The standard InChI is InChI=1S/C18H21IO3/c1-2-20-17-7-3-4-8-18(17)22-14-6-5-13-21-16-11-9-15(19)10-12-16/h3-4,7-12H,2,5-6,13-14H2,1H3. The third-order valence-electron chi connectivity index (χ3n) is 3.03. The molecule has 0 aliphatic heterocycles. The molecule has 0 atom stereocenters. The zero-order chi connectivity index (χ0) is 15.6. The van der Waals surface area contributed by atoms with Gasteiger partial charge in [-0.3, -0.25) is 0 Å². The van der Waals surface area contributed by atoms with E-state index in [9.17, 15) is 0 Å². The summed E-state index contributed by atoms with van der Waals surface area (Å²) in [7, 11) is 0. The molecule has 4 heteroatoms. The molecule has 3 nitrogen and oxygen atoms in total. The van der Waals surface area contributed by atoms with E-state index in [1.54, 1.807) is 0 Å². The molecule has 0 fully saturated rings. The Hall–Kier alpha value is -1.43. The van der Waals surface area contributed by atoms with Gasteiger partial charge in [0.15, 0.2) is 11.5 Å². The molecular weight excluding hydrogens is 391 g/mol. The second kappa shape index (κ2) is 9.56. The highest BCUT2D eigenvalue weighted by atomic mass is 127. The SMILES string of the molecule is CCOc1ccccc1OCCCCOc1ccc(I)cc1. The summed E-state index contributed by atoms with van der Waals surface area (Å²) in [6.45, 7) is 3.99. The lowest BCUT2D eigenvalue weighted by Crippen LogP contribution is -2.04. The highest BCUT2D eigenvalue weighted by Crippen LogP contribution is 2.26. The molecule has 0 aromatic heterocycles. The fourth-order valence-corrected chi connectivity index (χ4v) is 2.31. The molecular formula is C18H21IO3. The maximum Gasteiger partial charge on any atom is 0.161 e. The number of unbranched alkanes of at least 4 members (excludes halogenated alkanes) is 1. The van der Waals surface area contributed by atoms with Gasteiger partial charge >= 0.3 is 0 Å². The molecule has 0 aliphatic rings. The minimum Gasteiger partial charge on any atom is -0.494 e.